The highest BCUT2D eigenvalue weighted by Crippen LogP contribution is 2.13. The number of nitrogens with two attached hydrogens (primary N) is 1. The molecule has 0 aliphatic carbocycles. The minimum atomic E-state index is 0.207. The zero-order chi connectivity index (χ0) is 16.7. The van der Waals surface area contributed by atoms with Gasteiger partial charge in [0.15, 0.2) is 5.69 Å². The van der Waals surface area contributed by atoms with E-state index in [1.165, 1.54) is 0 Å². The van der Waals surface area contributed by atoms with Gasteiger partial charge in [-0.15, -0.1) is 0 Å². The molecule has 0 amide bonds. The van der Waals surface area contributed by atoms with Crippen LogP contribution in [0.3, 0.4) is 0 Å². The molecule has 7 heteroatoms. The molecule has 0 aliphatic heterocycles. The Kier molecular flexibility index (Phi) is 5.94. The van der Waals surface area contributed by atoms with E-state index in [4.69, 9.17) is 11.0 Å². The molecular formula is C16H23N7. The maximum absolute atomic E-state index is 8.88. The standard InChI is InChI=1S/C16H23N7/c1-12-9-14(10-17)22-23(12)13(2)11-19-6-4-8-20-15-5-3-7-21-16(15)18/h3,5,7,9,13,19-20H,4,6,8,11H2,1-2H3,(H2,18,21). The summed E-state index contributed by atoms with van der Waals surface area (Å²) in [6, 6.07) is 7.87. The highest BCUT2D eigenvalue weighted by atomic mass is 15.3. The van der Waals surface area contributed by atoms with Gasteiger partial charge < -0.3 is 16.4 Å². The van der Waals surface area contributed by atoms with Crippen molar-refractivity contribution in [1.29, 1.82) is 5.26 Å². The Bertz CT molecular complexity index is 671. The molecule has 0 aromatic carbocycles. The Balaban J connectivity index is 1.66. The van der Waals surface area contributed by atoms with Gasteiger partial charge in [-0.25, -0.2) is 4.98 Å². The van der Waals surface area contributed by atoms with Gasteiger partial charge in [0.25, 0.3) is 0 Å². The number of nitrogens with one attached hydrogen (secondary N) is 2. The van der Waals surface area contributed by atoms with E-state index in [1.807, 2.05) is 23.7 Å². The first-order chi connectivity index (χ1) is 11.1. The molecule has 0 saturated heterocycles. The number of hydrogen-bond acceptors (Lipinski definition) is 6. The van der Waals surface area contributed by atoms with Crippen molar-refractivity contribution in [2.24, 2.45) is 0 Å². The van der Waals surface area contributed by atoms with E-state index < -0.39 is 0 Å². The number of aromatic nitrogens is 3. The molecule has 23 heavy (non-hydrogen) atoms. The third-order valence-electron chi connectivity index (χ3n) is 3.58. The van der Waals surface area contributed by atoms with Gasteiger partial charge in [0.05, 0.1) is 11.7 Å². The zero-order valence-corrected chi connectivity index (χ0v) is 13.6. The minimum Gasteiger partial charge on any atom is -0.382 e. The fraction of sp³-hybridized carbons (Fsp3) is 0.438. The summed E-state index contributed by atoms with van der Waals surface area (Å²) in [5.74, 6) is 0.525. The van der Waals surface area contributed by atoms with Gasteiger partial charge in [-0.05, 0) is 45.0 Å². The Morgan fingerprint density at radius 1 is 1.43 bits per heavy atom. The van der Waals surface area contributed by atoms with Gasteiger partial charge >= 0.3 is 0 Å². The van der Waals surface area contributed by atoms with Gasteiger partial charge in [-0.1, -0.05) is 0 Å². The van der Waals surface area contributed by atoms with Crippen LogP contribution in [0.25, 0.3) is 0 Å². The maximum atomic E-state index is 8.88. The number of anilines is 2. The van der Waals surface area contributed by atoms with Crippen LogP contribution in [0.4, 0.5) is 11.5 Å². The predicted molar refractivity (Wildman–Crippen MR) is 91.0 cm³/mol. The fourth-order valence-corrected chi connectivity index (χ4v) is 2.39. The fourth-order valence-electron chi connectivity index (χ4n) is 2.39. The molecule has 1 unspecified atom stereocenters. The van der Waals surface area contributed by atoms with Crippen LogP contribution in [-0.4, -0.2) is 34.4 Å². The average Bonchev–Trinajstić information content (AvgIpc) is 2.93. The number of rotatable bonds is 8. The van der Waals surface area contributed by atoms with Crippen molar-refractivity contribution < 1.29 is 0 Å². The van der Waals surface area contributed by atoms with E-state index >= 15 is 0 Å². The van der Waals surface area contributed by atoms with Crippen LogP contribution < -0.4 is 16.4 Å². The van der Waals surface area contributed by atoms with E-state index in [9.17, 15) is 0 Å². The van der Waals surface area contributed by atoms with Gasteiger partial charge in [0, 0.05) is 25.0 Å². The summed E-state index contributed by atoms with van der Waals surface area (Å²) in [5, 5.41) is 19.8. The maximum Gasteiger partial charge on any atom is 0.162 e. The number of nitrogens with zero attached hydrogens (tertiary/aromatic N) is 4. The van der Waals surface area contributed by atoms with Crippen LogP contribution in [0.1, 0.15) is 30.8 Å². The molecule has 122 valence electrons. The van der Waals surface area contributed by atoms with E-state index in [0.717, 1.165) is 37.4 Å². The van der Waals surface area contributed by atoms with E-state index in [2.05, 4.69) is 33.7 Å². The van der Waals surface area contributed by atoms with Crippen LogP contribution in [0.5, 0.6) is 0 Å². The predicted octanol–water partition coefficient (Wildman–Crippen LogP) is 1.69. The number of pyridine rings is 1. The van der Waals surface area contributed by atoms with E-state index in [0.29, 0.717) is 11.5 Å². The molecule has 0 spiro atoms. The van der Waals surface area contributed by atoms with E-state index in [-0.39, 0.29) is 6.04 Å². The lowest BCUT2D eigenvalue weighted by Crippen LogP contribution is -2.26. The molecule has 0 fully saturated rings. The molecule has 0 radical (unpaired) electrons. The van der Waals surface area contributed by atoms with Crippen molar-refractivity contribution in [3.8, 4) is 6.07 Å². The minimum absolute atomic E-state index is 0.207. The summed E-state index contributed by atoms with van der Waals surface area (Å²) < 4.78 is 1.89. The third-order valence-corrected chi connectivity index (χ3v) is 3.58. The lowest BCUT2D eigenvalue weighted by Gasteiger charge is -2.15. The summed E-state index contributed by atoms with van der Waals surface area (Å²) in [7, 11) is 0. The zero-order valence-electron chi connectivity index (χ0n) is 13.6. The Morgan fingerprint density at radius 2 is 2.26 bits per heavy atom. The van der Waals surface area contributed by atoms with Crippen molar-refractivity contribution in [3.63, 3.8) is 0 Å². The first-order valence-corrected chi connectivity index (χ1v) is 7.73. The molecule has 2 heterocycles. The molecule has 0 bridgehead atoms. The molecule has 1 atom stereocenters. The molecule has 2 aromatic heterocycles. The highest BCUT2D eigenvalue weighted by molar-refractivity contribution is 5.60. The first-order valence-electron chi connectivity index (χ1n) is 7.73. The molecule has 2 aromatic rings. The second-order valence-corrected chi connectivity index (χ2v) is 5.50. The van der Waals surface area contributed by atoms with Crippen molar-refractivity contribution in [1.82, 2.24) is 20.1 Å². The van der Waals surface area contributed by atoms with Crippen molar-refractivity contribution in [3.05, 3.63) is 35.8 Å². The summed E-state index contributed by atoms with van der Waals surface area (Å²) in [6.45, 7) is 6.58. The van der Waals surface area contributed by atoms with Crippen molar-refractivity contribution >= 4 is 11.5 Å². The molecule has 2 rings (SSSR count). The van der Waals surface area contributed by atoms with Gasteiger partial charge in [-0.3, -0.25) is 4.68 Å². The van der Waals surface area contributed by atoms with Crippen LogP contribution >= 0.6 is 0 Å². The molecule has 0 saturated carbocycles. The largest absolute Gasteiger partial charge is 0.382 e. The summed E-state index contributed by atoms with van der Waals surface area (Å²) in [5.41, 5.74) is 8.11. The van der Waals surface area contributed by atoms with Gasteiger partial charge in [-0.2, -0.15) is 10.4 Å². The second-order valence-electron chi connectivity index (χ2n) is 5.50. The van der Waals surface area contributed by atoms with Gasteiger partial charge in [0.2, 0.25) is 0 Å². The van der Waals surface area contributed by atoms with Crippen LogP contribution in [0.15, 0.2) is 24.4 Å². The summed E-state index contributed by atoms with van der Waals surface area (Å²) in [6.07, 6.45) is 2.65. The summed E-state index contributed by atoms with van der Waals surface area (Å²) in [4.78, 5) is 4.04. The Hall–Kier alpha value is -2.59. The molecular weight excluding hydrogens is 290 g/mol. The number of nitrogen functional groups attached to an aromatic ring is 1. The monoisotopic (exact) mass is 313 g/mol. The Morgan fingerprint density at radius 3 is 2.96 bits per heavy atom. The normalized spacial score (nSPS) is 11.9. The van der Waals surface area contributed by atoms with Crippen LogP contribution in [-0.2, 0) is 0 Å². The third kappa shape index (κ3) is 4.69. The van der Waals surface area contributed by atoms with Crippen molar-refractivity contribution in [2.45, 2.75) is 26.3 Å². The smallest absolute Gasteiger partial charge is 0.162 e. The van der Waals surface area contributed by atoms with Crippen molar-refractivity contribution in [2.75, 3.05) is 30.7 Å². The van der Waals surface area contributed by atoms with Crippen LogP contribution in [0.2, 0.25) is 0 Å². The van der Waals surface area contributed by atoms with E-state index in [1.54, 1.807) is 12.3 Å². The molecule has 0 aliphatic rings. The van der Waals surface area contributed by atoms with Gasteiger partial charge in [0.1, 0.15) is 11.9 Å². The average molecular weight is 313 g/mol. The van der Waals surface area contributed by atoms with Crippen LogP contribution in [0, 0.1) is 18.3 Å². The number of aryl methyl sites for hydroxylation is 1. The number of nitriles is 1. The highest BCUT2D eigenvalue weighted by Gasteiger charge is 2.10. The summed E-state index contributed by atoms with van der Waals surface area (Å²) >= 11 is 0. The SMILES string of the molecule is Cc1cc(C#N)nn1C(C)CNCCCNc1cccnc1N. The topological polar surface area (TPSA) is 105 Å². The molecule has 7 nitrogen and oxygen atoms in total. The molecule has 4 N–H and O–H groups in total. The first kappa shape index (κ1) is 16.8. The lowest BCUT2D eigenvalue weighted by atomic mass is 10.3. The second kappa shape index (κ2) is 8.15. The lowest BCUT2D eigenvalue weighted by molar-refractivity contribution is 0.444. The number of hydrogen-bond donors (Lipinski definition) is 3. The quantitative estimate of drug-likeness (QED) is 0.641. The Labute approximate surface area is 136 Å².